The van der Waals surface area contributed by atoms with Crippen LogP contribution < -0.4 is 5.01 Å². The topological polar surface area (TPSA) is 54.5 Å². The smallest absolute Gasteiger partial charge is 0.416 e. The van der Waals surface area contributed by atoms with Gasteiger partial charge >= 0.3 is 6.18 Å². The standard InChI is InChI=1S/C17H13F3N4O/c1-3-22-24(4-2)14-10-21-8-7-12(14)16-23-13-9-11(17(18,19)20)5-6-15(13)25-16/h3-10H,2H2,1H3/b22-3-. The molecule has 1 aromatic carbocycles. The molecule has 25 heavy (non-hydrogen) atoms. The summed E-state index contributed by atoms with van der Waals surface area (Å²) in [6.07, 6.45) is 1.68. The molecule has 128 valence electrons. The number of halogens is 3. The second-order valence-corrected chi connectivity index (χ2v) is 4.99. The minimum Gasteiger partial charge on any atom is -0.436 e. The summed E-state index contributed by atoms with van der Waals surface area (Å²) in [4.78, 5) is 8.23. The summed E-state index contributed by atoms with van der Waals surface area (Å²) in [5.41, 5.74) is 0.674. The highest BCUT2D eigenvalue weighted by molar-refractivity contribution is 5.81. The van der Waals surface area contributed by atoms with Gasteiger partial charge in [0.2, 0.25) is 5.89 Å². The van der Waals surface area contributed by atoms with Gasteiger partial charge in [0.05, 0.1) is 23.0 Å². The van der Waals surface area contributed by atoms with E-state index >= 15 is 0 Å². The Hall–Kier alpha value is -3.16. The first kappa shape index (κ1) is 16.7. The maximum absolute atomic E-state index is 12.8. The molecule has 0 aliphatic rings. The number of aromatic nitrogens is 2. The quantitative estimate of drug-likeness (QED) is 0.500. The summed E-state index contributed by atoms with van der Waals surface area (Å²) in [6.45, 7) is 5.42. The first-order valence-electron chi connectivity index (χ1n) is 7.26. The maximum Gasteiger partial charge on any atom is 0.416 e. The van der Waals surface area contributed by atoms with Crippen LogP contribution >= 0.6 is 0 Å². The molecule has 0 saturated carbocycles. The fourth-order valence-electron chi connectivity index (χ4n) is 2.30. The highest BCUT2D eigenvalue weighted by Gasteiger charge is 2.31. The zero-order chi connectivity index (χ0) is 18.0. The maximum atomic E-state index is 12.8. The minimum atomic E-state index is -4.44. The van der Waals surface area contributed by atoms with Crippen LogP contribution in [-0.4, -0.2) is 16.2 Å². The van der Waals surface area contributed by atoms with Gasteiger partial charge in [-0.2, -0.15) is 18.3 Å². The van der Waals surface area contributed by atoms with Crippen molar-refractivity contribution >= 4 is 23.0 Å². The molecule has 0 aliphatic heterocycles. The molecular formula is C17H13F3N4O. The molecule has 0 atom stereocenters. The van der Waals surface area contributed by atoms with Crippen LogP contribution in [0.15, 0.2) is 59.0 Å². The Balaban J connectivity index is 2.13. The van der Waals surface area contributed by atoms with Crippen LogP contribution in [0, 0.1) is 0 Å². The predicted molar refractivity (Wildman–Crippen MR) is 89.1 cm³/mol. The zero-order valence-corrected chi connectivity index (χ0v) is 13.2. The molecule has 0 aliphatic carbocycles. The van der Waals surface area contributed by atoms with Crippen LogP contribution in [0.1, 0.15) is 12.5 Å². The number of hydrogen-bond acceptors (Lipinski definition) is 5. The molecule has 0 bridgehead atoms. The van der Waals surface area contributed by atoms with E-state index in [0.717, 1.165) is 12.1 Å². The SMILES string of the molecule is C=CN(/N=C\C)c1cnccc1-c1nc2cc(C(F)(F)F)ccc2o1. The van der Waals surface area contributed by atoms with Crippen LogP contribution in [0.4, 0.5) is 18.9 Å². The highest BCUT2D eigenvalue weighted by Crippen LogP contribution is 2.35. The molecule has 0 spiro atoms. The second kappa shape index (κ2) is 6.39. The van der Waals surface area contributed by atoms with E-state index in [0.29, 0.717) is 11.3 Å². The molecule has 3 rings (SSSR count). The van der Waals surface area contributed by atoms with Crippen molar-refractivity contribution in [2.45, 2.75) is 13.1 Å². The molecule has 5 nitrogen and oxygen atoms in total. The van der Waals surface area contributed by atoms with Gasteiger partial charge in [-0.25, -0.2) is 9.99 Å². The Morgan fingerprint density at radius 3 is 2.76 bits per heavy atom. The number of pyridine rings is 1. The van der Waals surface area contributed by atoms with Crippen molar-refractivity contribution in [1.82, 2.24) is 9.97 Å². The fourth-order valence-corrected chi connectivity index (χ4v) is 2.30. The normalized spacial score (nSPS) is 12.0. The Morgan fingerprint density at radius 1 is 1.28 bits per heavy atom. The second-order valence-electron chi connectivity index (χ2n) is 4.99. The molecule has 0 N–H and O–H groups in total. The highest BCUT2D eigenvalue weighted by atomic mass is 19.4. The van der Waals surface area contributed by atoms with E-state index in [1.807, 2.05) is 0 Å². The fraction of sp³-hybridized carbons (Fsp3) is 0.118. The summed E-state index contributed by atoms with van der Waals surface area (Å²) in [5.74, 6) is 0.171. The van der Waals surface area contributed by atoms with E-state index in [9.17, 15) is 13.2 Å². The molecule has 2 heterocycles. The molecule has 0 unspecified atom stereocenters. The largest absolute Gasteiger partial charge is 0.436 e. The van der Waals surface area contributed by atoms with E-state index in [1.165, 1.54) is 23.5 Å². The number of hydrazone groups is 1. The number of hydrogen-bond donors (Lipinski definition) is 0. The van der Waals surface area contributed by atoms with Crippen molar-refractivity contribution in [2.75, 3.05) is 5.01 Å². The predicted octanol–water partition coefficient (Wildman–Crippen LogP) is 4.86. The van der Waals surface area contributed by atoms with Crippen LogP contribution in [0.25, 0.3) is 22.6 Å². The van der Waals surface area contributed by atoms with Gasteiger partial charge in [0, 0.05) is 18.6 Å². The van der Waals surface area contributed by atoms with Gasteiger partial charge < -0.3 is 4.42 Å². The van der Waals surface area contributed by atoms with Gasteiger partial charge in [-0.3, -0.25) is 4.98 Å². The third-order valence-corrected chi connectivity index (χ3v) is 3.40. The minimum absolute atomic E-state index is 0.122. The van der Waals surface area contributed by atoms with Gasteiger partial charge in [-0.05, 0) is 31.2 Å². The number of oxazole rings is 1. The third kappa shape index (κ3) is 3.23. The Bertz CT molecular complexity index is 946. The lowest BCUT2D eigenvalue weighted by Crippen LogP contribution is -2.08. The molecule has 8 heteroatoms. The van der Waals surface area contributed by atoms with E-state index in [2.05, 4.69) is 21.6 Å². The van der Waals surface area contributed by atoms with Crippen molar-refractivity contribution < 1.29 is 17.6 Å². The number of anilines is 1. The molecule has 0 saturated heterocycles. The lowest BCUT2D eigenvalue weighted by Gasteiger charge is -2.15. The number of benzene rings is 1. The number of nitrogens with zero attached hydrogens (tertiary/aromatic N) is 4. The summed E-state index contributed by atoms with van der Waals surface area (Å²) in [6, 6.07) is 4.82. The Morgan fingerprint density at radius 2 is 2.08 bits per heavy atom. The number of alkyl halides is 3. The van der Waals surface area contributed by atoms with Crippen molar-refractivity contribution in [2.24, 2.45) is 5.10 Å². The Labute approximate surface area is 141 Å². The van der Waals surface area contributed by atoms with Gasteiger partial charge in [-0.1, -0.05) is 6.58 Å². The lowest BCUT2D eigenvalue weighted by molar-refractivity contribution is -0.137. The van der Waals surface area contributed by atoms with Crippen LogP contribution in [0.3, 0.4) is 0 Å². The molecular weight excluding hydrogens is 333 g/mol. The summed E-state index contributed by atoms with van der Waals surface area (Å²) in [7, 11) is 0. The lowest BCUT2D eigenvalue weighted by atomic mass is 10.2. The monoisotopic (exact) mass is 346 g/mol. The summed E-state index contributed by atoms with van der Waals surface area (Å²) >= 11 is 0. The Kier molecular flexibility index (Phi) is 4.26. The van der Waals surface area contributed by atoms with Gasteiger partial charge in [0.1, 0.15) is 5.52 Å². The summed E-state index contributed by atoms with van der Waals surface area (Å²) < 4.78 is 44.2. The van der Waals surface area contributed by atoms with Gasteiger partial charge in [-0.15, -0.1) is 0 Å². The molecule has 0 amide bonds. The van der Waals surface area contributed by atoms with E-state index < -0.39 is 11.7 Å². The van der Waals surface area contributed by atoms with Crippen molar-refractivity contribution in [3.63, 3.8) is 0 Å². The average molecular weight is 346 g/mol. The average Bonchev–Trinajstić information content (AvgIpc) is 3.02. The van der Waals surface area contributed by atoms with Crippen molar-refractivity contribution in [1.29, 1.82) is 0 Å². The van der Waals surface area contributed by atoms with Crippen LogP contribution in [-0.2, 0) is 6.18 Å². The molecule has 3 aromatic rings. The zero-order valence-electron chi connectivity index (χ0n) is 13.2. The van der Waals surface area contributed by atoms with E-state index in [-0.39, 0.29) is 17.0 Å². The van der Waals surface area contributed by atoms with E-state index in [1.54, 1.807) is 25.4 Å². The van der Waals surface area contributed by atoms with Crippen LogP contribution in [0.5, 0.6) is 0 Å². The van der Waals surface area contributed by atoms with Crippen LogP contribution in [0.2, 0.25) is 0 Å². The third-order valence-electron chi connectivity index (χ3n) is 3.40. The van der Waals surface area contributed by atoms with Gasteiger partial charge in [0.25, 0.3) is 0 Å². The molecule has 2 aromatic heterocycles. The molecule has 0 fully saturated rings. The number of rotatable bonds is 4. The number of fused-ring (bicyclic) bond motifs is 1. The van der Waals surface area contributed by atoms with Crippen molar-refractivity contribution in [3.8, 4) is 11.5 Å². The van der Waals surface area contributed by atoms with Crippen molar-refractivity contribution in [3.05, 3.63) is 55.0 Å². The first-order valence-corrected chi connectivity index (χ1v) is 7.26. The molecule has 0 radical (unpaired) electrons. The van der Waals surface area contributed by atoms with E-state index in [4.69, 9.17) is 4.42 Å². The first-order chi connectivity index (χ1) is 11.9. The van der Waals surface area contributed by atoms with Gasteiger partial charge in [0.15, 0.2) is 5.58 Å². The summed E-state index contributed by atoms with van der Waals surface area (Å²) in [5, 5.41) is 5.60.